The molecule has 0 bridgehead atoms. The van der Waals surface area contributed by atoms with E-state index in [1.807, 2.05) is 0 Å². The van der Waals surface area contributed by atoms with E-state index in [4.69, 9.17) is 0 Å². The molecule has 0 amide bonds. The Kier molecular flexibility index (Phi) is 3.28. The third kappa shape index (κ3) is 2.97. The lowest BCUT2D eigenvalue weighted by atomic mass is 10.4. The number of anilines is 1. The molecule has 0 atom stereocenters. The lowest BCUT2D eigenvalue weighted by Gasteiger charge is -2.05. The van der Waals surface area contributed by atoms with E-state index < -0.39 is 21.9 Å². The Bertz CT molecular complexity index is 975. The third-order valence-electron chi connectivity index (χ3n) is 2.85. The smallest absolute Gasteiger partial charge is 0.304 e. The van der Waals surface area contributed by atoms with Crippen molar-refractivity contribution in [2.24, 2.45) is 7.05 Å². The number of rotatable bonds is 3. The van der Waals surface area contributed by atoms with E-state index in [0.29, 0.717) is 0 Å². The van der Waals surface area contributed by atoms with E-state index in [0.717, 1.165) is 21.6 Å². The summed E-state index contributed by atoms with van der Waals surface area (Å²) < 4.78 is 65.3. The van der Waals surface area contributed by atoms with Gasteiger partial charge in [0.05, 0.1) is 11.9 Å². The Morgan fingerprint density at radius 3 is 2.57 bits per heavy atom. The molecule has 23 heavy (non-hydrogen) atoms. The highest BCUT2D eigenvalue weighted by Crippen LogP contribution is 2.28. The first kappa shape index (κ1) is 15.3. The van der Waals surface area contributed by atoms with Gasteiger partial charge in [0.1, 0.15) is 5.65 Å². The number of aromatic nitrogens is 5. The molecule has 0 aromatic carbocycles. The number of aryl methyl sites for hydroxylation is 1. The summed E-state index contributed by atoms with van der Waals surface area (Å²) in [6.45, 7) is 0. The van der Waals surface area contributed by atoms with Crippen LogP contribution in [-0.4, -0.2) is 32.8 Å². The van der Waals surface area contributed by atoms with Crippen LogP contribution in [0.15, 0.2) is 35.7 Å². The number of fused-ring (bicyclic) bond motifs is 1. The third-order valence-corrected chi connectivity index (χ3v) is 4.09. The predicted octanol–water partition coefficient (Wildman–Crippen LogP) is 1.28. The molecule has 3 aromatic heterocycles. The van der Waals surface area contributed by atoms with E-state index in [9.17, 15) is 21.6 Å². The molecule has 3 rings (SSSR count). The van der Waals surface area contributed by atoms with Crippen molar-refractivity contribution in [3.05, 3.63) is 36.4 Å². The highest BCUT2D eigenvalue weighted by molar-refractivity contribution is 7.92. The zero-order valence-corrected chi connectivity index (χ0v) is 12.3. The van der Waals surface area contributed by atoms with Crippen LogP contribution in [0, 0.1) is 0 Å². The summed E-state index contributed by atoms with van der Waals surface area (Å²) in [6, 6.07) is 2.57. The summed E-state index contributed by atoms with van der Waals surface area (Å²) in [6.07, 6.45) is -1.56. The molecule has 12 heteroatoms. The fraction of sp³-hybridized carbons (Fsp3) is 0.182. The van der Waals surface area contributed by atoms with Gasteiger partial charge in [0.25, 0.3) is 10.0 Å². The van der Waals surface area contributed by atoms with Gasteiger partial charge in [0.15, 0.2) is 5.69 Å². The molecule has 0 saturated heterocycles. The number of imidazole rings is 1. The molecule has 0 aliphatic carbocycles. The van der Waals surface area contributed by atoms with E-state index in [2.05, 4.69) is 19.9 Å². The van der Waals surface area contributed by atoms with Crippen LogP contribution in [0.4, 0.5) is 18.9 Å². The van der Waals surface area contributed by atoms with Crippen LogP contribution in [0.3, 0.4) is 0 Å². The van der Waals surface area contributed by atoms with Crippen molar-refractivity contribution in [2.45, 2.75) is 11.2 Å². The Balaban J connectivity index is 1.95. The molecule has 3 heterocycles. The maximum absolute atomic E-state index is 12.6. The van der Waals surface area contributed by atoms with Gasteiger partial charge in [-0.05, 0) is 12.1 Å². The van der Waals surface area contributed by atoms with Crippen molar-refractivity contribution in [3.8, 4) is 0 Å². The topological polar surface area (TPSA) is 94.2 Å². The van der Waals surface area contributed by atoms with Gasteiger partial charge < -0.3 is 4.40 Å². The minimum atomic E-state index is -4.58. The minimum absolute atomic E-state index is 0.0415. The molecule has 0 aliphatic heterocycles. The van der Waals surface area contributed by atoms with Crippen molar-refractivity contribution >= 4 is 21.4 Å². The largest absolute Gasteiger partial charge is 0.434 e. The molecular formula is C11H9F3N6O2S. The van der Waals surface area contributed by atoms with E-state index in [1.54, 1.807) is 0 Å². The number of nitrogens with one attached hydrogen (secondary N) is 1. The monoisotopic (exact) mass is 346 g/mol. The van der Waals surface area contributed by atoms with Crippen LogP contribution in [0.25, 0.3) is 5.65 Å². The fourth-order valence-electron chi connectivity index (χ4n) is 1.85. The first-order valence-corrected chi connectivity index (χ1v) is 7.58. The Labute approximate surface area is 127 Å². The van der Waals surface area contributed by atoms with Gasteiger partial charge in [-0.1, -0.05) is 0 Å². The van der Waals surface area contributed by atoms with Crippen LogP contribution in [0.2, 0.25) is 0 Å². The Hall–Kier alpha value is -2.63. The van der Waals surface area contributed by atoms with E-state index in [1.165, 1.54) is 25.4 Å². The lowest BCUT2D eigenvalue weighted by Crippen LogP contribution is -2.14. The van der Waals surface area contributed by atoms with Crippen molar-refractivity contribution in [3.63, 3.8) is 0 Å². The van der Waals surface area contributed by atoms with E-state index >= 15 is 0 Å². The van der Waals surface area contributed by atoms with Gasteiger partial charge >= 0.3 is 6.18 Å². The van der Waals surface area contributed by atoms with E-state index in [-0.39, 0.29) is 16.4 Å². The quantitative estimate of drug-likeness (QED) is 0.771. The van der Waals surface area contributed by atoms with Crippen LogP contribution in [0.1, 0.15) is 5.69 Å². The molecule has 0 fully saturated rings. The number of hydrogen-bond acceptors (Lipinski definition) is 5. The average molecular weight is 346 g/mol. The predicted molar refractivity (Wildman–Crippen MR) is 72.0 cm³/mol. The summed E-state index contributed by atoms with van der Waals surface area (Å²) >= 11 is 0. The second-order valence-electron chi connectivity index (χ2n) is 4.58. The van der Waals surface area contributed by atoms with Crippen molar-refractivity contribution < 1.29 is 21.6 Å². The standard InChI is InChI=1S/C11H9F3N6O2S/c1-19-15-4-10(17-19)23(21,22)18-7-2-3-9-16-8(11(12,13)14)6-20(9)5-7/h2-6,18H,1H3. The number of halogens is 3. The van der Waals surface area contributed by atoms with Gasteiger partial charge in [-0.2, -0.15) is 31.5 Å². The number of alkyl halides is 3. The first-order chi connectivity index (χ1) is 10.6. The summed E-state index contributed by atoms with van der Waals surface area (Å²) in [5, 5.41) is 7.01. The average Bonchev–Trinajstić information content (AvgIpc) is 3.03. The first-order valence-electron chi connectivity index (χ1n) is 6.10. The summed E-state index contributed by atoms with van der Waals surface area (Å²) in [7, 11) is -2.53. The lowest BCUT2D eigenvalue weighted by molar-refractivity contribution is -0.140. The zero-order chi connectivity index (χ0) is 16.8. The molecule has 1 N–H and O–H groups in total. The molecule has 0 unspecified atom stereocenters. The van der Waals surface area contributed by atoms with Gasteiger partial charge in [-0.15, -0.1) is 5.10 Å². The summed E-state index contributed by atoms with van der Waals surface area (Å²) in [5.41, 5.74) is -0.958. The SMILES string of the molecule is Cn1ncc(S(=O)(=O)Nc2ccc3nc(C(F)(F)F)cn3c2)n1. The van der Waals surface area contributed by atoms with Crippen LogP contribution in [0.5, 0.6) is 0 Å². The Morgan fingerprint density at radius 1 is 1.22 bits per heavy atom. The number of nitrogens with zero attached hydrogens (tertiary/aromatic N) is 5. The second-order valence-corrected chi connectivity index (χ2v) is 6.21. The maximum Gasteiger partial charge on any atom is 0.434 e. The molecule has 8 nitrogen and oxygen atoms in total. The number of pyridine rings is 1. The van der Waals surface area contributed by atoms with Gasteiger partial charge in [0, 0.05) is 19.4 Å². The normalized spacial score (nSPS) is 12.7. The van der Waals surface area contributed by atoms with Crippen molar-refractivity contribution in [1.82, 2.24) is 24.4 Å². The van der Waals surface area contributed by atoms with Gasteiger partial charge in [-0.25, -0.2) is 4.98 Å². The molecule has 0 saturated carbocycles. The molecule has 122 valence electrons. The van der Waals surface area contributed by atoms with Crippen molar-refractivity contribution in [1.29, 1.82) is 0 Å². The Morgan fingerprint density at radius 2 is 1.96 bits per heavy atom. The van der Waals surface area contributed by atoms with Gasteiger partial charge in [0.2, 0.25) is 5.03 Å². The van der Waals surface area contributed by atoms with Crippen LogP contribution in [-0.2, 0) is 23.2 Å². The van der Waals surface area contributed by atoms with Crippen molar-refractivity contribution in [2.75, 3.05) is 4.72 Å². The highest BCUT2D eigenvalue weighted by atomic mass is 32.2. The van der Waals surface area contributed by atoms with Gasteiger partial charge in [-0.3, -0.25) is 4.72 Å². The molecule has 3 aromatic rings. The molecule has 0 radical (unpaired) electrons. The maximum atomic E-state index is 12.6. The minimum Gasteiger partial charge on any atom is -0.304 e. The second kappa shape index (κ2) is 4.94. The fourth-order valence-corrected chi connectivity index (χ4v) is 2.79. The molecule has 0 aliphatic rings. The summed E-state index contributed by atoms with van der Waals surface area (Å²) in [5.74, 6) is 0. The van der Waals surface area contributed by atoms with Crippen LogP contribution >= 0.6 is 0 Å². The number of sulfonamides is 1. The molecular weight excluding hydrogens is 337 g/mol. The zero-order valence-electron chi connectivity index (χ0n) is 11.5. The highest BCUT2D eigenvalue weighted by Gasteiger charge is 2.33. The number of hydrogen-bond donors (Lipinski definition) is 1. The molecule has 0 spiro atoms. The van der Waals surface area contributed by atoms with Crippen LogP contribution < -0.4 is 4.72 Å². The summed E-state index contributed by atoms with van der Waals surface area (Å²) in [4.78, 5) is 4.49.